The highest BCUT2D eigenvalue weighted by molar-refractivity contribution is 6.51. The predicted octanol–water partition coefficient (Wildman–Crippen LogP) is 2.44. The number of fused-ring (bicyclic) bond motifs is 1. The van der Waals surface area contributed by atoms with Crippen LogP contribution in [-0.4, -0.2) is 30.0 Å². The van der Waals surface area contributed by atoms with Crippen LogP contribution < -0.4 is 0 Å². The summed E-state index contributed by atoms with van der Waals surface area (Å²) in [6.45, 7) is 0.0251. The minimum Gasteiger partial charge on any atom is -0.494 e. The van der Waals surface area contributed by atoms with Crippen molar-refractivity contribution >= 4 is 18.0 Å². The van der Waals surface area contributed by atoms with Crippen LogP contribution in [0.4, 0.5) is 4.39 Å². The maximum atomic E-state index is 13.1. The Balaban J connectivity index is 2.05. The molecule has 6 heteroatoms. The summed E-state index contributed by atoms with van der Waals surface area (Å²) in [5, 5.41) is 0. The van der Waals surface area contributed by atoms with Crippen molar-refractivity contribution in [2.75, 3.05) is 7.11 Å². The number of hydrogen-bond acceptors (Lipinski definition) is 4. The van der Waals surface area contributed by atoms with Gasteiger partial charge in [-0.2, -0.15) is 0 Å². The minimum atomic E-state index is -0.781. The quantitative estimate of drug-likeness (QED) is 0.610. The van der Waals surface area contributed by atoms with Gasteiger partial charge in [0.25, 0.3) is 5.78 Å². The van der Waals surface area contributed by atoms with Crippen LogP contribution in [0.15, 0.2) is 59.0 Å². The van der Waals surface area contributed by atoms with E-state index in [1.165, 1.54) is 31.4 Å². The van der Waals surface area contributed by atoms with Crippen LogP contribution in [0.25, 0.3) is 0 Å². The summed E-state index contributed by atoms with van der Waals surface area (Å²) in [6.07, 6.45) is 5.42. The number of allylic oxidation sites excluding steroid dienone is 4. The zero-order chi connectivity index (χ0) is 18.0. The summed E-state index contributed by atoms with van der Waals surface area (Å²) in [7, 11) is 1.40. The second-order valence-electron chi connectivity index (χ2n) is 5.71. The molecule has 0 unspecified atom stereocenters. The van der Waals surface area contributed by atoms with E-state index in [0.29, 0.717) is 29.5 Å². The fourth-order valence-corrected chi connectivity index (χ4v) is 2.99. The lowest BCUT2D eigenvalue weighted by atomic mass is 9.85. The van der Waals surface area contributed by atoms with Gasteiger partial charge in [-0.05, 0) is 30.5 Å². The zero-order valence-corrected chi connectivity index (χ0v) is 13.6. The van der Waals surface area contributed by atoms with Crippen molar-refractivity contribution < 1.29 is 23.5 Å². The van der Waals surface area contributed by atoms with Crippen LogP contribution in [0.1, 0.15) is 18.4 Å². The van der Waals surface area contributed by atoms with Crippen molar-refractivity contribution in [1.82, 2.24) is 4.90 Å². The Morgan fingerprint density at radius 2 is 1.72 bits per heavy atom. The van der Waals surface area contributed by atoms with Gasteiger partial charge in [-0.3, -0.25) is 14.4 Å². The number of carbonyl (C=O) groups is 3. The number of hydrogen-bond donors (Lipinski definition) is 0. The average Bonchev–Trinajstić information content (AvgIpc) is 2.64. The van der Waals surface area contributed by atoms with Crippen LogP contribution in [0.5, 0.6) is 0 Å². The van der Waals surface area contributed by atoms with E-state index in [4.69, 9.17) is 4.74 Å². The van der Waals surface area contributed by atoms with Gasteiger partial charge in [-0.1, -0.05) is 24.3 Å². The molecule has 0 saturated heterocycles. The van der Waals surface area contributed by atoms with Crippen molar-refractivity contribution in [3.05, 3.63) is 70.4 Å². The first-order valence-electron chi connectivity index (χ1n) is 7.81. The number of ketones is 2. The Kier molecular flexibility index (Phi) is 4.61. The van der Waals surface area contributed by atoms with Gasteiger partial charge in [-0.25, -0.2) is 4.39 Å². The van der Waals surface area contributed by atoms with Crippen molar-refractivity contribution in [2.45, 2.75) is 19.4 Å². The van der Waals surface area contributed by atoms with Crippen LogP contribution in [0.2, 0.25) is 0 Å². The lowest BCUT2D eigenvalue weighted by molar-refractivity contribution is -0.134. The predicted molar refractivity (Wildman–Crippen MR) is 87.5 cm³/mol. The Morgan fingerprint density at radius 1 is 1.08 bits per heavy atom. The summed E-state index contributed by atoms with van der Waals surface area (Å²) in [5.41, 5.74) is 1.40. The highest BCUT2D eigenvalue weighted by Crippen LogP contribution is 2.35. The maximum absolute atomic E-state index is 13.1. The van der Waals surface area contributed by atoms with Gasteiger partial charge in [0.1, 0.15) is 11.5 Å². The van der Waals surface area contributed by atoms with E-state index >= 15 is 0 Å². The molecular formula is C19H16FNO4. The van der Waals surface area contributed by atoms with Gasteiger partial charge in [0, 0.05) is 11.1 Å². The smallest absolute Gasteiger partial charge is 0.253 e. The molecular weight excluding hydrogens is 325 g/mol. The standard InChI is InChI=1S/C19H16FNO4/c1-25-19-15-5-3-2-4-14(15)17(23)18(24)16(19)21(11-22)10-12-6-8-13(20)9-7-12/h4-9,11H,2-3,10H2,1H3. The molecule has 0 fully saturated rings. The third kappa shape index (κ3) is 3.03. The van der Waals surface area contributed by atoms with E-state index in [-0.39, 0.29) is 18.0 Å². The molecule has 0 heterocycles. The molecule has 0 aromatic heterocycles. The molecule has 3 rings (SSSR count). The van der Waals surface area contributed by atoms with E-state index < -0.39 is 17.4 Å². The second kappa shape index (κ2) is 6.84. The minimum absolute atomic E-state index is 0.0251. The summed E-state index contributed by atoms with van der Waals surface area (Å²) < 4.78 is 18.4. The number of carbonyl (C=O) groups excluding carboxylic acids is 3. The number of nitrogens with zero attached hydrogens (tertiary/aromatic N) is 1. The molecule has 5 nitrogen and oxygen atoms in total. The highest BCUT2D eigenvalue weighted by Gasteiger charge is 2.39. The number of benzene rings is 1. The SMILES string of the molecule is COC1=C(N(C=O)Cc2ccc(F)cc2)C(=O)C(=O)C2=CCCC=C21. The largest absolute Gasteiger partial charge is 0.494 e. The Morgan fingerprint density at radius 3 is 2.32 bits per heavy atom. The Hall–Kier alpha value is -3.02. The van der Waals surface area contributed by atoms with Crippen LogP contribution in [-0.2, 0) is 25.7 Å². The molecule has 1 aromatic carbocycles. The topological polar surface area (TPSA) is 63.7 Å². The van der Waals surface area contributed by atoms with Crippen molar-refractivity contribution in [3.8, 4) is 0 Å². The van der Waals surface area contributed by atoms with Gasteiger partial charge in [-0.15, -0.1) is 0 Å². The molecule has 1 aromatic rings. The highest BCUT2D eigenvalue weighted by atomic mass is 19.1. The van der Waals surface area contributed by atoms with Crippen molar-refractivity contribution in [2.24, 2.45) is 0 Å². The molecule has 0 bridgehead atoms. The van der Waals surface area contributed by atoms with E-state index in [2.05, 4.69) is 0 Å². The summed E-state index contributed by atoms with van der Waals surface area (Å²) in [4.78, 5) is 37.7. The van der Waals surface area contributed by atoms with E-state index in [9.17, 15) is 18.8 Å². The van der Waals surface area contributed by atoms with Gasteiger partial charge >= 0.3 is 0 Å². The maximum Gasteiger partial charge on any atom is 0.253 e. The lowest BCUT2D eigenvalue weighted by Crippen LogP contribution is -2.37. The van der Waals surface area contributed by atoms with Crippen LogP contribution in [0, 0.1) is 5.82 Å². The number of ether oxygens (including phenoxy) is 1. The fraction of sp³-hybridized carbons (Fsp3) is 0.211. The molecule has 0 N–H and O–H groups in total. The molecule has 2 aliphatic carbocycles. The molecule has 0 atom stereocenters. The number of halogens is 1. The first-order chi connectivity index (χ1) is 12.1. The van der Waals surface area contributed by atoms with E-state index in [1.807, 2.05) is 6.08 Å². The molecule has 128 valence electrons. The molecule has 0 spiro atoms. The second-order valence-corrected chi connectivity index (χ2v) is 5.71. The summed E-state index contributed by atoms with van der Waals surface area (Å²) in [5.74, 6) is -1.61. The molecule has 25 heavy (non-hydrogen) atoms. The Labute approximate surface area is 144 Å². The van der Waals surface area contributed by atoms with Gasteiger partial charge < -0.3 is 9.64 Å². The lowest BCUT2D eigenvalue weighted by Gasteiger charge is -2.29. The number of Topliss-reactive ketones (excluding diaryl/α,β-unsaturated/α-hetero) is 2. The van der Waals surface area contributed by atoms with Gasteiger partial charge in [0.15, 0.2) is 5.76 Å². The van der Waals surface area contributed by atoms with Crippen molar-refractivity contribution in [1.29, 1.82) is 0 Å². The van der Waals surface area contributed by atoms with Crippen molar-refractivity contribution in [3.63, 3.8) is 0 Å². The van der Waals surface area contributed by atoms with Gasteiger partial charge in [0.05, 0.1) is 13.7 Å². The first kappa shape index (κ1) is 16.8. The summed E-state index contributed by atoms with van der Waals surface area (Å²) in [6, 6.07) is 5.56. The average molecular weight is 341 g/mol. The monoisotopic (exact) mass is 341 g/mol. The van der Waals surface area contributed by atoms with E-state index in [1.54, 1.807) is 6.08 Å². The molecule has 0 radical (unpaired) electrons. The molecule has 0 saturated carbocycles. The normalized spacial score (nSPS) is 16.9. The third-order valence-electron chi connectivity index (χ3n) is 4.16. The number of methoxy groups -OCH3 is 1. The van der Waals surface area contributed by atoms with Gasteiger partial charge in [0.2, 0.25) is 12.2 Å². The number of rotatable bonds is 5. The molecule has 2 aliphatic rings. The Bertz CT molecular complexity index is 833. The molecule has 1 amide bonds. The summed E-state index contributed by atoms with van der Waals surface area (Å²) >= 11 is 0. The fourth-order valence-electron chi connectivity index (χ4n) is 2.99. The number of amides is 1. The first-order valence-corrected chi connectivity index (χ1v) is 7.81. The van der Waals surface area contributed by atoms with Crippen LogP contribution in [0.3, 0.4) is 0 Å². The molecule has 0 aliphatic heterocycles. The van der Waals surface area contributed by atoms with E-state index in [0.717, 1.165) is 11.3 Å². The zero-order valence-electron chi connectivity index (χ0n) is 13.6. The van der Waals surface area contributed by atoms with Crippen LogP contribution >= 0.6 is 0 Å². The third-order valence-corrected chi connectivity index (χ3v) is 4.16.